The predicted octanol–water partition coefficient (Wildman–Crippen LogP) is 3.25. The second-order valence-electron chi connectivity index (χ2n) is 9.69. The Morgan fingerprint density at radius 2 is 2.00 bits per heavy atom. The van der Waals surface area contributed by atoms with Crippen LogP contribution in [0.25, 0.3) is 0 Å². The second kappa shape index (κ2) is 8.74. The fourth-order valence-electron chi connectivity index (χ4n) is 6.98. The SMILES string of the molecule is CCc1cc2c(cc1OS(N)(=O)=O)CCC1C2CCC2(C)C(CCOS(N)=O)CCC12. The molecule has 0 radical (unpaired) electrons. The van der Waals surface area contributed by atoms with Gasteiger partial charge in [-0.15, -0.1) is 0 Å². The van der Waals surface area contributed by atoms with E-state index < -0.39 is 21.6 Å². The maximum absolute atomic E-state index is 11.5. The zero-order valence-corrected chi connectivity index (χ0v) is 20.0. The first-order valence-corrected chi connectivity index (χ1v) is 13.9. The van der Waals surface area contributed by atoms with Crippen LogP contribution in [0.15, 0.2) is 12.1 Å². The van der Waals surface area contributed by atoms with Crippen molar-refractivity contribution in [1.29, 1.82) is 0 Å². The first-order chi connectivity index (χ1) is 14.6. The number of hydrogen-bond acceptors (Lipinski definition) is 5. The summed E-state index contributed by atoms with van der Waals surface area (Å²) in [7, 11) is -4.04. The molecule has 0 aliphatic heterocycles. The Morgan fingerprint density at radius 3 is 2.68 bits per heavy atom. The molecule has 9 heteroatoms. The van der Waals surface area contributed by atoms with Crippen molar-refractivity contribution in [2.24, 2.45) is 33.4 Å². The van der Waals surface area contributed by atoms with Gasteiger partial charge >= 0.3 is 10.3 Å². The van der Waals surface area contributed by atoms with Crippen LogP contribution in [0.2, 0.25) is 0 Å². The average molecular weight is 471 g/mol. The van der Waals surface area contributed by atoms with E-state index in [9.17, 15) is 12.6 Å². The van der Waals surface area contributed by atoms with Gasteiger partial charge in [-0.25, -0.2) is 9.35 Å². The highest BCUT2D eigenvalue weighted by Crippen LogP contribution is 2.63. The smallest absolute Gasteiger partial charge is 0.371 e. The zero-order valence-electron chi connectivity index (χ0n) is 18.3. The maximum atomic E-state index is 11.5. The lowest BCUT2D eigenvalue weighted by Gasteiger charge is -2.51. The summed E-state index contributed by atoms with van der Waals surface area (Å²) in [4.78, 5) is 0. The molecule has 7 nitrogen and oxygen atoms in total. The van der Waals surface area contributed by atoms with Crippen LogP contribution in [0, 0.1) is 23.2 Å². The number of nitrogens with two attached hydrogens (primary N) is 2. The molecule has 1 aromatic rings. The van der Waals surface area contributed by atoms with Gasteiger partial charge in [-0.05, 0) is 103 Å². The van der Waals surface area contributed by atoms with E-state index in [0.717, 1.165) is 31.2 Å². The van der Waals surface area contributed by atoms with Crippen molar-refractivity contribution in [3.63, 3.8) is 0 Å². The molecule has 1 aromatic carbocycles. The molecule has 0 saturated heterocycles. The van der Waals surface area contributed by atoms with Gasteiger partial charge in [0.15, 0.2) is 0 Å². The number of aryl methyl sites for hydroxylation is 2. The van der Waals surface area contributed by atoms with E-state index in [1.807, 2.05) is 13.0 Å². The third-order valence-corrected chi connectivity index (χ3v) is 9.17. The van der Waals surface area contributed by atoms with Crippen molar-refractivity contribution in [2.75, 3.05) is 6.61 Å². The molecule has 6 unspecified atom stereocenters. The van der Waals surface area contributed by atoms with Crippen LogP contribution in [0.1, 0.15) is 75.0 Å². The Bertz CT molecular complexity index is 967. The first kappa shape index (κ1) is 23.2. The van der Waals surface area contributed by atoms with E-state index in [0.29, 0.717) is 47.9 Å². The van der Waals surface area contributed by atoms with Crippen molar-refractivity contribution in [2.45, 2.75) is 71.1 Å². The van der Waals surface area contributed by atoms with E-state index in [2.05, 4.69) is 13.0 Å². The van der Waals surface area contributed by atoms with E-state index in [-0.39, 0.29) is 0 Å². The molecule has 0 spiro atoms. The quantitative estimate of drug-likeness (QED) is 0.633. The molecule has 2 fully saturated rings. The van der Waals surface area contributed by atoms with Crippen LogP contribution in [-0.4, -0.2) is 19.2 Å². The van der Waals surface area contributed by atoms with Crippen molar-refractivity contribution in [1.82, 2.24) is 0 Å². The summed E-state index contributed by atoms with van der Waals surface area (Å²) in [5.41, 5.74) is 3.77. The normalized spacial score (nSPS) is 33.3. The summed E-state index contributed by atoms with van der Waals surface area (Å²) in [6.45, 7) is 4.91. The van der Waals surface area contributed by atoms with Crippen LogP contribution in [0.5, 0.6) is 5.75 Å². The summed E-state index contributed by atoms with van der Waals surface area (Å²) in [6.07, 6.45) is 8.41. The zero-order chi connectivity index (χ0) is 22.4. The summed E-state index contributed by atoms with van der Waals surface area (Å²) in [6, 6.07) is 4.08. The molecule has 4 rings (SSSR count). The summed E-state index contributed by atoms with van der Waals surface area (Å²) in [5, 5.41) is 10.4. The Kier molecular flexibility index (Phi) is 6.53. The lowest BCUT2D eigenvalue weighted by Crippen LogP contribution is -2.42. The van der Waals surface area contributed by atoms with Crippen LogP contribution < -0.4 is 14.5 Å². The van der Waals surface area contributed by atoms with Crippen LogP contribution in [-0.2, 0) is 38.6 Å². The maximum Gasteiger partial charge on any atom is 0.380 e. The van der Waals surface area contributed by atoms with Crippen molar-refractivity contribution < 1.29 is 21.0 Å². The molecule has 0 amide bonds. The number of rotatable bonds is 7. The first-order valence-electron chi connectivity index (χ1n) is 11.3. The fraction of sp³-hybridized carbons (Fsp3) is 0.727. The molecule has 4 N–H and O–H groups in total. The third-order valence-electron chi connectivity index (χ3n) is 8.35. The van der Waals surface area contributed by atoms with Gasteiger partial charge in [-0.1, -0.05) is 19.9 Å². The van der Waals surface area contributed by atoms with E-state index >= 15 is 0 Å². The average Bonchev–Trinajstić information content (AvgIpc) is 3.02. The summed E-state index contributed by atoms with van der Waals surface area (Å²) >= 11 is -1.69. The molecule has 0 heterocycles. The van der Waals surface area contributed by atoms with Gasteiger partial charge in [0.25, 0.3) is 0 Å². The lowest BCUT2D eigenvalue weighted by molar-refractivity contribution is 0.0224. The number of fused-ring (bicyclic) bond motifs is 5. The molecule has 0 aromatic heterocycles. The minimum absolute atomic E-state index is 0.294. The minimum atomic E-state index is -4.04. The molecule has 6 atom stereocenters. The molecule has 3 aliphatic rings. The van der Waals surface area contributed by atoms with E-state index in [1.54, 1.807) is 0 Å². The highest BCUT2D eigenvalue weighted by atomic mass is 32.2. The van der Waals surface area contributed by atoms with Crippen molar-refractivity contribution in [3.05, 3.63) is 28.8 Å². The largest absolute Gasteiger partial charge is 0.380 e. The topological polar surface area (TPSA) is 122 Å². The number of benzene rings is 1. The van der Waals surface area contributed by atoms with Crippen LogP contribution in [0.4, 0.5) is 0 Å². The van der Waals surface area contributed by atoms with Gasteiger partial charge in [-0.2, -0.15) is 13.6 Å². The fourth-order valence-corrected chi connectivity index (χ4v) is 7.65. The Morgan fingerprint density at radius 1 is 1.23 bits per heavy atom. The summed E-state index contributed by atoms with van der Waals surface area (Å²) < 4.78 is 44.3. The third kappa shape index (κ3) is 4.57. The molecule has 174 valence electrons. The highest BCUT2D eigenvalue weighted by Gasteiger charge is 2.54. The minimum Gasteiger partial charge on any atom is -0.371 e. The van der Waals surface area contributed by atoms with Gasteiger partial charge in [0.2, 0.25) is 11.3 Å². The van der Waals surface area contributed by atoms with Crippen molar-refractivity contribution in [3.8, 4) is 5.75 Å². The van der Waals surface area contributed by atoms with Gasteiger partial charge in [0, 0.05) is 0 Å². The van der Waals surface area contributed by atoms with E-state index in [1.165, 1.54) is 30.4 Å². The molecule has 3 aliphatic carbocycles. The molecular formula is C22H34N2O5S2. The summed E-state index contributed by atoms with van der Waals surface area (Å²) in [5.74, 6) is 2.80. The lowest BCUT2D eigenvalue weighted by atomic mass is 9.54. The monoisotopic (exact) mass is 470 g/mol. The second-order valence-corrected chi connectivity index (χ2v) is 11.6. The van der Waals surface area contributed by atoms with Gasteiger partial charge in [-0.3, -0.25) is 4.18 Å². The Hall–Kier alpha value is -1.00. The van der Waals surface area contributed by atoms with Crippen LogP contribution in [0.3, 0.4) is 0 Å². The van der Waals surface area contributed by atoms with Crippen LogP contribution >= 0.6 is 0 Å². The molecule has 2 saturated carbocycles. The Labute approximate surface area is 188 Å². The van der Waals surface area contributed by atoms with Gasteiger partial charge in [0.05, 0.1) is 6.61 Å². The highest BCUT2D eigenvalue weighted by molar-refractivity contribution is 7.84. The predicted molar refractivity (Wildman–Crippen MR) is 121 cm³/mol. The van der Waals surface area contributed by atoms with Gasteiger partial charge < -0.3 is 4.18 Å². The number of hydrogen-bond donors (Lipinski definition) is 2. The molecule has 31 heavy (non-hydrogen) atoms. The van der Waals surface area contributed by atoms with Crippen molar-refractivity contribution >= 4 is 21.6 Å². The standard InChI is InChI=1S/C22H34N2O5S2/c1-3-14-12-19-15(13-21(14)29-31(24,26)27)4-6-18-17(19)8-10-22(2)16(5-7-20(18)22)9-11-28-30(23)25/h12-13,16-18,20H,3-11,23H2,1-2H3,(H2,24,26,27). The molecular weight excluding hydrogens is 436 g/mol. The molecule has 0 bridgehead atoms. The Balaban J connectivity index is 1.57. The van der Waals surface area contributed by atoms with E-state index in [4.69, 9.17) is 18.6 Å². The van der Waals surface area contributed by atoms with Gasteiger partial charge in [0.1, 0.15) is 5.75 Å².